The molecule has 1 amide bonds. The van der Waals surface area contributed by atoms with Gasteiger partial charge in [0.25, 0.3) is 0 Å². The SMILES string of the molecule is NCC1CC2CCC(C1)N2C(=O)O. The smallest absolute Gasteiger partial charge is 0.407 e. The van der Waals surface area contributed by atoms with Gasteiger partial charge in [-0.05, 0) is 38.1 Å². The molecule has 2 aliphatic heterocycles. The predicted octanol–water partition coefficient (Wildman–Crippen LogP) is 0.866. The third-order valence-electron chi connectivity index (χ3n) is 3.38. The number of carbonyl (C=O) groups is 1. The summed E-state index contributed by atoms with van der Waals surface area (Å²) in [6, 6.07) is 0.509. The van der Waals surface area contributed by atoms with Gasteiger partial charge in [-0.2, -0.15) is 0 Å². The van der Waals surface area contributed by atoms with Gasteiger partial charge in [-0.3, -0.25) is 0 Å². The minimum atomic E-state index is -0.747. The molecule has 0 aromatic rings. The summed E-state index contributed by atoms with van der Waals surface area (Å²) in [5.41, 5.74) is 5.61. The van der Waals surface area contributed by atoms with Gasteiger partial charge in [-0.25, -0.2) is 4.79 Å². The first-order valence-corrected chi connectivity index (χ1v) is 4.93. The number of amides is 1. The zero-order chi connectivity index (χ0) is 9.42. The molecule has 2 heterocycles. The average Bonchev–Trinajstić information content (AvgIpc) is 2.37. The van der Waals surface area contributed by atoms with Gasteiger partial charge >= 0.3 is 6.09 Å². The highest BCUT2D eigenvalue weighted by atomic mass is 16.4. The summed E-state index contributed by atoms with van der Waals surface area (Å²) in [5, 5.41) is 8.97. The summed E-state index contributed by atoms with van der Waals surface area (Å²) >= 11 is 0. The van der Waals surface area contributed by atoms with Crippen LogP contribution in [0.1, 0.15) is 25.7 Å². The summed E-state index contributed by atoms with van der Waals surface area (Å²) in [7, 11) is 0. The van der Waals surface area contributed by atoms with Crippen LogP contribution in [0.25, 0.3) is 0 Å². The Morgan fingerprint density at radius 3 is 2.31 bits per heavy atom. The molecule has 2 saturated heterocycles. The van der Waals surface area contributed by atoms with E-state index in [1.807, 2.05) is 0 Å². The fourth-order valence-corrected chi connectivity index (χ4v) is 2.79. The van der Waals surface area contributed by atoms with Gasteiger partial charge in [-0.15, -0.1) is 0 Å². The standard InChI is InChI=1S/C9H16N2O2/c10-5-6-3-7-1-2-8(4-6)11(7)9(12)13/h6-8H,1-5,10H2,(H,12,13). The molecule has 2 bridgehead atoms. The Hall–Kier alpha value is -0.770. The van der Waals surface area contributed by atoms with Crippen molar-refractivity contribution in [1.82, 2.24) is 4.90 Å². The van der Waals surface area contributed by atoms with Crippen LogP contribution in [0.15, 0.2) is 0 Å². The van der Waals surface area contributed by atoms with E-state index in [1.165, 1.54) is 0 Å². The molecule has 2 aliphatic rings. The zero-order valence-electron chi connectivity index (χ0n) is 7.65. The topological polar surface area (TPSA) is 66.6 Å². The molecule has 2 unspecified atom stereocenters. The summed E-state index contributed by atoms with van der Waals surface area (Å²) < 4.78 is 0. The van der Waals surface area contributed by atoms with Crippen LogP contribution in [0.5, 0.6) is 0 Å². The van der Waals surface area contributed by atoms with Crippen molar-refractivity contribution >= 4 is 6.09 Å². The van der Waals surface area contributed by atoms with E-state index < -0.39 is 6.09 Å². The van der Waals surface area contributed by atoms with E-state index in [0.29, 0.717) is 12.5 Å². The monoisotopic (exact) mass is 184 g/mol. The molecular formula is C9H16N2O2. The van der Waals surface area contributed by atoms with Crippen molar-refractivity contribution < 1.29 is 9.90 Å². The van der Waals surface area contributed by atoms with Crippen LogP contribution in [0.2, 0.25) is 0 Å². The Morgan fingerprint density at radius 1 is 1.38 bits per heavy atom. The fourth-order valence-electron chi connectivity index (χ4n) is 2.79. The van der Waals surface area contributed by atoms with Gasteiger partial charge in [0, 0.05) is 12.1 Å². The maximum Gasteiger partial charge on any atom is 0.407 e. The molecule has 2 atom stereocenters. The van der Waals surface area contributed by atoms with Crippen LogP contribution in [0.4, 0.5) is 4.79 Å². The van der Waals surface area contributed by atoms with Gasteiger partial charge < -0.3 is 15.7 Å². The number of hydrogen-bond acceptors (Lipinski definition) is 2. The normalized spacial score (nSPS) is 37.9. The highest BCUT2D eigenvalue weighted by Gasteiger charge is 2.42. The molecule has 3 N–H and O–H groups in total. The fraction of sp³-hybridized carbons (Fsp3) is 0.889. The minimum absolute atomic E-state index is 0.254. The van der Waals surface area contributed by atoms with Crippen molar-refractivity contribution in [3.05, 3.63) is 0 Å². The maximum absolute atomic E-state index is 10.9. The van der Waals surface area contributed by atoms with Gasteiger partial charge in [-0.1, -0.05) is 0 Å². The third-order valence-corrected chi connectivity index (χ3v) is 3.38. The molecule has 2 rings (SSSR count). The van der Waals surface area contributed by atoms with Gasteiger partial charge in [0.15, 0.2) is 0 Å². The van der Waals surface area contributed by atoms with Crippen molar-refractivity contribution in [1.29, 1.82) is 0 Å². The van der Waals surface area contributed by atoms with Crippen LogP contribution in [-0.4, -0.2) is 34.7 Å². The molecule has 0 radical (unpaired) electrons. The van der Waals surface area contributed by atoms with Crippen LogP contribution in [0.3, 0.4) is 0 Å². The zero-order valence-corrected chi connectivity index (χ0v) is 7.65. The van der Waals surface area contributed by atoms with Crippen LogP contribution < -0.4 is 5.73 Å². The number of fused-ring (bicyclic) bond motifs is 2. The number of carboxylic acid groups (broad SMARTS) is 1. The number of rotatable bonds is 1. The predicted molar refractivity (Wildman–Crippen MR) is 48.5 cm³/mol. The Morgan fingerprint density at radius 2 is 1.92 bits per heavy atom. The molecule has 0 saturated carbocycles. The number of nitrogens with two attached hydrogens (primary N) is 1. The molecular weight excluding hydrogens is 168 g/mol. The first-order valence-electron chi connectivity index (χ1n) is 4.93. The lowest BCUT2D eigenvalue weighted by molar-refractivity contribution is 0.0865. The van der Waals surface area contributed by atoms with E-state index in [0.717, 1.165) is 25.7 Å². The second-order valence-corrected chi connectivity index (χ2v) is 4.15. The Labute approximate surface area is 77.7 Å². The second-order valence-electron chi connectivity index (χ2n) is 4.15. The highest BCUT2D eigenvalue weighted by Crippen LogP contribution is 2.38. The lowest BCUT2D eigenvalue weighted by Gasteiger charge is -2.36. The number of hydrogen-bond donors (Lipinski definition) is 2. The molecule has 74 valence electrons. The second kappa shape index (κ2) is 3.18. The molecule has 4 nitrogen and oxygen atoms in total. The van der Waals surface area contributed by atoms with Crippen molar-refractivity contribution in [2.24, 2.45) is 11.7 Å². The van der Waals surface area contributed by atoms with Gasteiger partial charge in [0.2, 0.25) is 0 Å². The summed E-state index contributed by atoms with van der Waals surface area (Å²) in [6.45, 7) is 0.709. The van der Waals surface area contributed by atoms with E-state index in [1.54, 1.807) is 4.90 Å². The Balaban J connectivity index is 2.08. The summed E-state index contributed by atoms with van der Waals surface area (Å²) in [4.78, 5) is 12.5. The van der Waals surface area contributed by atoms with E-state index >= 15 is 0 Å². The Bertz CT molecular complexity index is 206. The van der Waals surface area contributed by atoms with Gasteiger partial charge in [0.05, 0.1) is 0 Å². The largest absolute Gasteiger partial charge is 0.465 e. The van der Waals surface area contributed by atoms with Crippen molar-refractivity contribution in [2.75, 3.05) is 6.54 Å². The molecule has 13 heavy (non-hydrogen) atoms. The third kappa shape index (κ3) is 1.39. The van der Waals surface area contributed by atoms with Crippen LogP contribution in [0, 0.1) is 5.92 Å². The first kappa shape index (κ1) is 8.81. The average molecular weight is 184 g/mol. The number of piperidine rings is 1. The van der Waals surface area contributed by atoms with E-state index in [4.69, 9.17) is 10.8 Å². The van der Waals surface area contributed by atoms with Crippen molar-refractivity contribution in [3.63, 3.8) is 0 Å². The van der Waals surface area contributed by atoms with E-state index in [9.17, 15) is 4.79 Å². The highest BCUT2D eigenvalue weighted by molar-refractivity contribution is 5.66. The lowest BCUT2D eigenvalue weighted by atomic mass is 9.91. The van der Waals surface area contributed by atoms with E-state index in [2.05, 4.69) is 0 Å². The summed E-state index contributed by atoms with van der Waals surface area (Å²) in [6.07, 6.45) is 3.27. The molecule has 2 fully saturated rings. The molecule has 4 heteroatoms. The summed E-state index contributed by atoms with van der Waals surface area (Å²) in [5.74, 6) is 0.549. The van der Waals surface area contributed by atoms with Crippen molar-refractivity contribution in [3.8, 4) is 0 Å². The lowest BCUT2D eigenvalue weighted by Crippen LogP contribution is -2.47. The molecule has 0 aliphatic carbocycles. The van der Waals surface area contributed by atoms with Crippen LogP contribution in [-0.2, 0) is 0 Å². The Kier molecular flexibility index (Phi) is 2.15. The van der Waals surface area contributed by atoms with E-state index in [-0.39, 0.29) is 12.1 Å². The number of nitrogens with zero attached hydrogens (tertiary/aromatic N) is 1. The first-order chi connectivity index (χ1) is 6.22. The van der Waals surface area contributed by atoms with Crippen LogP contribution >= 0.6 is 0 Å². The minimum Gasteiger partial charge on any atom is -0.465 e. The molecule has 0 aromatic heterocycles. The van der Waals surface area contributed by atoms with Gasteiger partial charge in [0.1, 0.15) is 0 Å². The molecule has 0 spiro atoms. The molecule has 0 aromatic carbocycles. The quantitative estimate of drug-likeness (QED) is 0.635. The maximum atomic E-state index is 10.9. The van der Waals surface area contributed by atoms with Crippen molar-refractivity contribution in [2.45, 2.75) is 37.8 Å².